The fraction of sp³-hybridized carbons (Fsp3) is 0.143. The van der Waals surface area contributed by atoms with Gasteiger partial charge < -0.3 is 5.11 Å². The highest BCUT2D eigenvalue weighted by atomic mass is 32.2. The minimum absolute atomic E-state index is 0.0459. The van der Waals surface area contributed by atoms with Gasteiger partial charge >= 0.3 is 0 Å². The first kappa shape index (κ1) is 14.6. The molecule has 0 heterocycles. The monoisotopic (exact) mass is 295 g/mol. The van der Waals surface area contributed by atoms with Crippen LogP contribution in [0, 0.1) is 5.82 Å². The molecule has 0 bridgehead atoms. The first-order valence-electron chi connectivity index (χ1n) is 5.96. The van der Waals surface area contributed by atoms with Crippen LogP contribution in [-0.2, 0) is 23.2 Å². The van der Waals surface area contributed by atoms with Crippen molar-refractivity contribution in [1.29, 1.82) is 0 Å². The van der Waals surface area contributed by atoms with Crippen LogP contribution in [0.2, 0.25) is 0 Å². The Kier molecular flexibility index (Phi) is 4.49. The van der Waals surface area contributed by atoms with Crippen molar-refractivity contribution in [2.75, 3.05) is 0 Å². The molecule has 0 spiro atoms. The average molecular weight is 295 g/mol. The van der Waals surface area contributed by atoms with E-state index < -0.39 is 10.0 Å². The highest BCUT2D eigenvalue weighted by Crippen LogP contribution is 2.15. The molecule has 0 aliphatic rings. The number of rotatable bonds is 5. The van der Waals surface area contributed by atoms with Gasteiger partial charge in [0.1, 0.15) is 5.82 Å². The maximum absolute atomic E-state index is 12.8. The molecule has 2 rings (SSSR count). The molecule has 0 aliphatic heterocycles. The van der Waals surface area contributed by atoms with Crippen molar-refractivity contribution in [3.05, 3.63) is 65.5 Å². The molecule has 0 radical (unpaired) electrons. The molecule has 0 aliphatic carbocycles. The smallest absolute Gasteiger partial charge is 0.241 e. The first-order chi connectivity index (χ1) is 9.53. The van der Waals surface area contributed by atoms with Gasteiger partial charge in [-0.3, -0.25) is 0 Å². The average Bonchev–Trinajstić information content (AvgIpc) is 2.46. The largest absolute Gasteiger partial charge is 0.392 e. The second-order valence-electron chi connectivity index (χ2n) is 4.22. The zero-order valence-corrected chi connectivity index (χ0v) is 11.4. The maximum atomic E-state index is 12.8. The van der Waals surface area contributed by atoms with Gasteiger partial charge in [0, 0.05) is 6.54 Å². The van der Waals surface area contributed by atoms with E-state index >= 15 is 0 Å². The Labute approximate surface area is 116 Å². The fourth-order valence-electron chi connectivity index (χ4n) is 1.75. The lowest BCUT2D eigenvalue weighted by atomic mass is 10.2. The van der Waals surface area contributed by atoms with Crippen LogP contribution in [0.1, 0.15) is 11.1 Å². The molecule has 2 aromatic carbocycles. The van der Waals surface area contributed by atoms with Crippen LogP contribution in [-0.4, -0.2) is 13.5 Å². The van der Waals surface area contributed by atoms with Crippen LogP contribution < -0.4 is 4.72 Å². The van der Waals surface area contributed by atoms with E-state index in [-0.39, 0.29) is 23.9 Å². The van der Waals surface area contributed by atoms with Crippen LogP contribution in [0.5, 0.6) is 0 Å². The molecule has 0 aromatic heterocycles. The molecule has 0 unspecified atom stereocenters. The summed E-state index contributed by atoms with van der Waals surface area (Å²) in [6.07, 6.45) is 0. The topological polar surface area (TPSA) is 66.4 Å². The molecule has 2 N–H and O–H groups in total. The van der Waals surface area contributed by atoms with Crippen LogP contribution in [0.25, 0.3) is 0 Å². The molecule has 2 aromatic rings. The summed E-state index contributed by atoms with van der Waals surface area (Å²) in [5.74, 6) is -0.373. The lowest BCUT2D eigenvalue weighted by Crippen LogP contribution is -2.24. The summed E-state index contributed by atoms with van der Waals surface area (Å²) >= 11 is 0. The van der Waals surface area contributed by atoms with E-state index in [4.69, 9.17) is 5.11 Å². The van der Waals surface area contributed by atoms with Crippen molar-refractivity contribution >= 4 is 10.0 Å². The lowest BCUT2D eigenvalue weighted by Gasteiger charge is -2.10. The van der Waals surface area contributed by atoms with E-state index in [1.807, 2.05) is 0 Å². The second kappa shape index (κ2) is 6.13. The van der Waals surface area contributed by atoms with Gasteiger partial charge in [-0.1, -0.05) is 30.3 Å². The molecule has 0 saturated heterocycles. The number of benzene rings is 2. The van der Waals surface area contributed by atoms with Crippen molar-refractivity contribution in [2.24, 2.45) is 0 Å². The van der Waals surface area contributed by atoms with Crippen molar-refractivity contribution < 1.29 is 17.9 Å². The predicted octanol–water partition coefficient (Wildman–Crippen LogP) is 1.80. The van der Waals surface area contributed by atoms with Gasteiger partial charge in [0.15, 0.2) is 0 Å². The quantitative estimate of drug-likeness (QED) is 0.884. The van der Waals surface area contributed by atoms with Crippen molar-refractivity contribution in [3.63, 3.8) is 0 Å². The van der Waals surface area contributed by atoms with E-state index in [1.54, 1.807) is 18.2 Å². The number of halogens is 1. The van der Waals surface area contributed by atoms with Gasteiger partial charge in [0.2, 0.25) is 10.0 Å². The van der Waals surface area contributed by atoms with Gasteiger partial charge in [0.25, 0.3) is 0 Å². The predicted molar refractivity (Wildman–Crippen MR) is 72.8 cm³/mol. The molecule has 6 heteroatoms. The van der Waals surface area contributed by atoms with E-state index in [2.05, 4.69) is 4.72 Å². The first-order valence-corrected chi connectivity index (χ1v) is 7.44. The molecule has 0 saturated carbocycles. The highest BCUT2D eigenvalue weighted by Gasteiger charge is 2.17. The Hall–Kier alpha value is -1.76. The molecule has 0 fully saturated rings. The molecule has 106 valence electrons. The summed E-state index contributed by atoms with van der Waals surface area (Å²) in [5.41, 5.74) is 0.982. The number of sulfonamides is 1. The zero-order chi connectivity index (χ0) is 14.6. The molecular weight excluding hydrogens is 281 g/mol. The molecule has 4 nitrogen and oxygen atoms in total. The Balaban J connectivity index is 2.17. The summed E-state index contributed by atoms with van der Waals surface area (Å²) in [6.45, 7) is -0.296. The second-order valence-corrected chi connectivity index (χ2v) is 5.95. The zero-order valence-electron chi connectivity index (χ0n) is 10.6. The van der Waals surface area contributed by atoms with Crippen molar-refractivity contribution in [1.82, 2.24) is 4.72 Å². The standard InChI is InChI=1S/C14H14FNO3S/c15-13-7-5-11(6-8-13)9-16-20(18,19)14-4-2-1-3-12(14)10-17/h1-8,16-17H,9-10H2. The van der Waals surface area contributed by atoms with E-state index in [0.717, 1.165) is 0 Å². The number of hydrogen-bond acceptors (Lipinski definition) is 3. The van der Waals surface area contributed by atoms with E-state index in [0.29, 0.717) is 11.1 Å². The van der Waals surface area contributed by atoms with Gasteiger partial charge in [-0.2, -0.15) is 0 Å². The van der Waals surface area contributed by atoms with Crippen molar-refractivity contribution in [2.45, 2.75) is 18.0 Å². The summed E-state index contributed by atoms with van der Waals surface area (Å²) in [6, 6.07) is 11.8. The Morgan fingerprint density at radius 3 is 2.35 bits per heavy atom. The third-order valence-electron chi connectivity index (χ3n) is 2.81. The van der Waals surface area contributed by atoms with Crippen LogP contribution in [0.3, 0.4) is 0 Å². The third-order valence-corrected chi connectivity index (χ3v) is 4.31. The SMILES string of the molecule is O=S(=O)(NCc1ccc(F)cc1)c1ccccc1CO. The summed E-state index contributed by atoms with van der Waals surface area (Å²) in [4.78, 5) is 0.0459. The highest BCUT2D eigenvalue weighted by molar-refractivity contribution is 7.89. The minimum atomic E-state index is -3.72. The summed E-state index contributed by atoms with van der Waals surface area (Å²) in [7, 11) is -3.72. The molecule has 0 amide bonds. The van der Waals surface area contributed by atoms with E-state index in [9.17, 15) is 12.8 Å². The summed E-state index contributed by atoms with van der Waals surface area (Å²) in [5, 5.41) is 9.16. The van der Waals surface area contributed by atoms with Crippen molar-refractivity contribution in [3.8, 4) is 0 Å². The Bertz CT molecular complexity index is 684. The maximum Gasteiger partial charge on any atom is 0.241 e. The molecule has 20 heavy (non-hydrogen) atoms. The number of hydrogen-bond donors (Lipinski definition) is 2. The van der Waals surface area contributed by atoms with Gasteiger partial charge in [-0.25, -0.2) is 17.5 Å². The molecule has 0 atom stereocenters. The molecular formula is C14H14FNO3S. The fourth-order valence-corrected chi connectivity index (χ4v) is 3.00. The van der Waals surface area contributed by atoms with E-state index in [1.165, 1.54) is 30.3 Å². The number of nitrogens with one attached hydrogen (secondary N) is 1. The summed E-state index contributed by atoms with van der Waals surface area (Å²) < 4.78 is 39.5. The van der Waals surface area contributed by atoms with Gasteiger partial charge in [-0.05, 0) is 29.3 Å². The van der Waals surface area contributed by atoms with Gasteiger partial charge in [-0.15, -0.1) is 0 Å². The Morgan fingerprint density at radius 1 is 1.05 bits per heavy atom. The van der Waals surface area contributed by atoms with Gasteiger partial charge in [0.05, 0.1) is 11.5 Å². The van der Waals surface area contributed by atoms with Crippen LogP contribution >= 0.6 is 0 Å². The number of aliphatic hydroxyl groups excluding tert-OH is 1. The third kappa shape index (κ3) is 3.41. The van der Waals surface area contributed by atoms with Crippen LogP contribution in [0.4, 0.5) is 4.39 Å². The van der Waals surface area contributed by atoms with Crippen LogP contribution in [0.15, 0.2) is 53.4 Å². The minimum Gasteiger partial charge on any atom is -0.392 e. The lowest BCUT2D eigenvalue weighted by molar-refractivity contribution is 0.278. The normalized spacial score (nSPS) is 11.5. The Morgan fingerprint density at radius 2 is 1.70 bits per heavy atom. The number of aliphatic hydroxyl groups is 1.